The van der Waals surface area contributed by atoms with E-state index in [0.717, 1.165) is 34.0 Å². The molecule has 4 nitrogen and oxygen atoms in total. The fraction of sp³-hybridized carbons (Fsp3) is 0.286. The maximum Gasteiger partial charge on any atom is 0.136 e. The van der Waals surface area contributed by atoms with Crippen LogP contribution in [-0.4, -0.2) is 17.0 Å². The lowest BCUT2D eigenvalue weighted by Crippen LogP contribution is -2.03. The van der Waals surface area contributed by atoms with Gasteiger partial charge in [0.15, 0.2) is 0 Å². The average Bonchev–Trinajstić information content (AvgIpc) is 2.41. The van der Waals surface area contributed by atoms with Crippen molar-refractivity contribution < 1.29 is 0 Å². The van der Waals surface area contributed by atoms with Gasteiger partial charge in [-0.1, -0.05) is 13.0 Å². The maximum absolute atomic E-state index is 4.48. The van der Waals surface area contributed by atoms with Crippen LogP contribution >= 0.6 is 15.9 Å². The van der Waals surface area contributed by atoms with Crippen LogP contribution in [-0.2, 0) is 6.42 Å². The maximum atomic E-state index is 4.48. The molecule has 0 radical (unpaired) electrons. The highest BCUT2D eigenvalue weighted by Gasteiger charge is 2.05. The molecule has 0 spiro atoms. The van der Waals surface area contributed by atoms with Gasteiger partial charge in [0.05, 0.1) is 5.69 Å². The number of nitrogens with one attached hydrogen (secondary N) is 2. The summed E-state index contributed by atoms with van der Waals surface area (Å²) in [5.41, 5.74) is 2.21. The van der Waals surface area contributed by atoms with Gasteiger partial charge >= 0.3 is 0 Å². The van der Waals surface area contributed by atoms with E-state index in [0.29, 0.717) is 0 Å². The van der Waals surface area contributed by atoms with E-state index in [9.17, 15) is 0 Å². The van der Waals surface area contributed by atoms with Crippen LogP contribution in [0.5, 0.6) is 0 Å². The summed E-state index contributed by atoms with van der Waals surface area (Å²) in [6, 6.07) is 8.06. The van der Waals surface area contributed by atoms with Gasteiger partial charge in [-0.05, 0) is 40.5 Å². The third kappa shape index (κ3) is 3.44. The minimum absolute atomic E-state index is 0.792. The number of aromatic nitrogens is 2. The molecular weight excluding hydrogens is 304 g/mol. The van der Waals surface area contributed by atoms with Gasteiger partial charge in [0.25, 0.3) is 0 Å². The van der Waals surface area contributed by atoms with Crippen LogP contribution in [0.1, 0.15) is 18.3 Å². The van der Waals surface area contributed by atoms with Crippen molar-refractivity contribution in [3.05, 3.63) is 40.1 Å². The number of anilines is 3. The van der Waals surface area contributed by atoms with E-state index in [4.69, 9.17) is 0 Å². The molecule has 0 aliphatic rings. The van der Waals surface area contributed by atoms with Crippen LogP contribution in [0.2, 0.25) is 0 Å². The number of rotatable bonds is 4. The first-order valence-electron chi connectivity index (χ1n) is 6.21. The van der Waals surface area contributed by atoms with E-state index in [-0.39, 0.29) is 0 Å². The Morgan fingerprint density at radius 1 is 1.16 bits per heavy atom. The highest BCUT2D eigenvalue weighted by atomic mass is 79.9. The van der Waals surface area contributed by atoms with E-state index in [1.54, 1.807) is 0 Å². The molecule has 19 heavy (non-hydrogen) atoms. The standard InChI is InChI=1S/C14H17BrN4/c1-4-12-18-13(16-3)8-14(19-12)17-11-6-5-9(2)7-10(11)15/h5-8H,4H2,1-3H3,(H2,16,17,18,19). The van der Waals surface area contributed by atoms with Gasteiger partial charge in [0.2, 0.25) is 0 Å². The summed E-state index contributed by atoms with van der Waals surface area (Å²) >= 11 is 3.55. The van der Waals surface area contributed by atoms with Crippen LogP contribution in [0.15, 0.2) is 28.7 Å². The van der Waals surface area contributed by atoms with Gasteiger partial charge in [-0.15, -0.1) is 0 Å². The number of hydrogen-bond donors (Lipinski definition) is 2. The van der Waals surface area contributed by atoms with Crippen molar-refractivity contribution in [2.45, 2.75) is 20.3 Å². The van der Waals surface area contributed by atoms with Gasteiger partial charge in [-0.25, -0.2) is 9.97 Å². The summed E-state index contributed by atoms with van der Waals surface area (Å²) in [5, 5.41) is 6.36. The third-order valence-electron chi connectivity index (χ3n) is 2.73. The molecule has 0 atom stereocenters. The zero-order chi connectivity index (χ0) is 13.8. The van der Waals surface area contributed by atoms with Crippen molar-refractivity contribution in [1.82, 2.24) is 9.97 Å². The van der Waals surface area contributed by atoms with Gasteiger partial charge < -0.3 is 10.6 Å². The van der Waals surface area contributed by atoms with Crippen molar-refractivity contribution in [3.8, 4) is 0 Å². The van der Waals surface area contributed by atoms with E-state index in [1.807, 2.05) is 26.1 Å². The number of hydrogen-bond acceptors (Lipinski definition) is 4. The Bertz CT molecular complexity index is 561. The zero-order valence-corrected chi connectivity index (χ0v) is 12.9. The first-order valence-corrected chi connectivity index (χ1v) is 7.00. The zero-order valence-electron chi connectivity index (χ0n) is 11.3. The molecule has 1 aromatic carbocycles. The smallest absolute Gasteiger partial charge is 0.136 e. The minimum Gasteiger partial charge on any atom is -0.373 e. The highest BCUT2D eigenvalue weighted by molar-refractivity contribution is 9.10. The fourth-order valence-electron chi connectivity index (χ4n) is 1.71. The number of nitrogens with zero attached hydrogens (tertiary/aromatic N) is 2. The molecule has 0 aliphatic carbocycles. The lowest BCUT2D eigenvalue weighted by molar-refractivity contribution is 0.944. The second kappa shape index (κ2) is 6.02. The quantitative estimate of drug-likeness (QED) is 0.897. The monoisotopic (exact) mass is 320 g/mol. The van der Waals surface area contributed by atoms with Crippen molar-refractivity contribution in [3.63, 3.8) is 0 Å². The molecule has 0 aliphatic heterocycles. The largest absolute Gasteiger partial charge is 0.373 e. The Labute approximate surface area is 121 Å². The lowest BCUT2D eigenvalue weighted by Gasteiger charge is -2.11. The Morgan fingerprint density at radius 3 is 2.53 bits per heavy atom. The Hall–Kier alpha value is -1.62. The predicted molar refractivity (Wildman–Crippen MR) is 83.1 cm³/mol. The summed E-state index contributed by atoms with van der Waals surface area (Å²) in [5.74, 6) is 2.43. The molecule has 0 saturated carbocycles. The SMILES string of the molecule is CCc1nc(NC)cc(Nc2ccc(C)cc2Br)n1. The first kappa shape index (κ1) is 13.8. The lowest BCUT2D eigenvalue weighted by atomic mass is 10.2. The average molecular weight is 321 g/mol. The van der Waals surface area contributed by atoms with Gasteiger partial charge in [0, 0.05) is 24.0 Å². The van der Waals surface area contributed by atoms with Crippen molar-refractivity contribution in [2.75, 3.05) is 17.7 Å². The molecule has 1 aromatic heterocycles. The third-order valence-corrected chi connectivity index (χ3v) is 3.39. The summed E-state index contributed by atoms with van der Waals surface area (Å²) in [6.07, 6.45) is 0.805. The van der Waals surface area contributed by atoms with Crippen LogP contribution < -0.4 is 10.6 Å². The van der Waals surface area contributed by atoms with Gasteiger partial charge in [-0.3, -0.25) is 0 Å². The van der Waals surface area contributed by atoms with Gasteiger partial charge in [0.1, 0.15) is 17.5 Å². The first-order chi connectivity index (χ1) is 9.12. The van der Waals surface area contributed by atoms with E-state index < -0.39 is 0 Å². The molecule has 0 amide bonds. The summed E-state index contributed by atoms with van der Waals surface area (Å²) in [4.78, 5) is 8.85. The Balaban J connectivity index is 2.31. The van der Waals surface area contributed by atoms with Gasteiger partial charge in [-0.2, -0.15) is 0 Å². The van der Waals surface area contributed by atoms with Crippen LogP contribution in [0.3, 0.4) is 0 Å². The second-order valence-electron chi connectivity index (χ2n) is 4.27. The molecule has 0 saturated heterocycles. The summed E-state index contributed by atoms with van der Waals surface area (Å²) < 4.78 is 1.02. The highest BCUT2D eigenvalue weighted by Crippen LogP contribution is 2.26. The molecule has 100 valence electrons. The van der Waals surface area contributed by atoms with E-state index in [2.05, 4.69) is 55.6 Å². The number of benzene rings is 1. The van der Waals surface area contributed by atoms with Crippen molar-refractivity contribution >= 4 is 33.3 Å². The summed E-state index contributed by atoms with van der Waals surface area (Å²) in [7, 11) is 1.85. The molecule has 2 aromatic rings. The molecule has 5 heteroatoms. The van der Waals surface area contributed by atoms with Crippen LogP contribution in [0.25, 0.3) is 0 Å². The molecule has 1 heterocycles. The second-order valence-corrected chi connectivity index (χ2v) is 5.12. The fourth-order valence-corrected chi connectivity index (χ4v) is 2.30. The van der Waals surface area contributed by atoms with Crippen molar-refractivity contribution in [1.29, 1.82) is 0 Å². The molecule has 2 N–H and O–H groups in total. The predicted octanol–water partition coefficient (Wildman–Crippen LogP) is 3.90. The topological polar surface area (TPSA) is 49.8 Å². The van der Waals surface area contributed by atoms with E-state index >= 15 is 0 Å². The van der Waals surface area contributed by atoms with E-state index in [1.165, 1.54) is 5.56 Å². The molecule has 0 fully saturated rings. The summed E-state index contributed by atoms with van der Waals surface area (Å²) in [6.45, 7) is 4.11. The molecule has 0 unspecified atom stereocenters. The number of aryl methyl sites for hydroxylation is 2. The normalized spacial score (nSPS) is 10.3. The molecular formula is C14H17BrN4. The van der Waals surface area contributed by atoms with Crippen LogP contribution in [0, 0.1) is 6.92 Å². The molecule has 0 bridgehead atoms. The number of halogens is 1. The minimum atomic E-state index is 0.792. The van der Waals surface area contributed by atoms with Crippen LogP contribution in [0.4, 0.5) is 17.3 Å². The van der Waals surface area contributed by atoms with Crippen molar-refractivity contribution in [2.24, 2.45) is 0 Å². The molecule has 2 rings (SSSR count). The Kier molecular flexibility index (Phi) is 4.37. The Morgan fingerprint density at radius 2 is 1.89 bits per heavy atom.